The van der Waals surface area contributed by atoms with E-state index in [0.717, 1.165) is 24.3 Å². The molecule has 0 saturated heterocycles. The van der Waals surface area contributed by atoms with E-state index in [4.69, 9.17) is 4.74 Å². The third kappa shape index (κ3) is 3.73. The topological polar surface area (TPSA) is 47.0 Å². The van der Waals surface area contributed by atoms with Crippen LogP contribution in [0.1, 0.15) is 12.0 Å². The summed E-state index contributed by atoms with van der Waals surface area (Å²) in [7, 11) is 1.87. The molecule has 2 aromatic heterocycles. The summed E-state index contributed by atoms with van der Waals surface area (Å²) in [5.41, 5.74) is 2.25. The van der Waals surface area contributed by atoms with Gasteiger partial charge in [0.15, 0.2) is 0 Å². The van der Waals surface area contributed by atoms with Gasteiger partial charge in [-0.15, -0.1) is 0 Å². The van der Waals surface area contributed by atoms with E-state index in [9.17, 15) is 0 Å². The summed E-state index contributed by atoms with van der Waals surface area (Å²) < 4.78 is 5.65. The Morgan fingerprint density at radius 3 is 2.78 bits per heavy atom. The van der Waals surface area contributed by atoms with Gasteiger partial charge in [-0.2, -0.15) is 0 Å². The normalized spacial score (nSPS) is 10.1. The first-order chi connectivity index (χ1) is 8.88. The van der Waals surface area contributed by atoms with Crippen LogP contribution in [0.25, 0.3) is 0 Å². The molecule has 0 aliphatic carbocycles. The number of aromatic nitrogens is 2. The minimum Gasteiger partial charge on any atom is -0.492 e. The highest BCUT2D eigenvalue weighted by Gasteiger charge is 1.97. The number of hydrogen-bond donors (Lipinski definition) is 1. The summed E-state index contributed by atoms with van der Waals surface area (Å²) in [6, 6.07) is 6.01. The van der Waals surface area contributed by atoms with Gasteiger partial charge in [-0.05, 0) is 30.5 Å². The van der Waals surface area contributed by atoms with Crippen molar-refractivity contribution in [2.75, 3.05) is 19.0 Å². The number of rotatable bonds is 6. The van der Waals surface area contributed by atoms with E-state index in [1.165, 1.54) is 5.56 Å². The van der Waals surface area contributed by atoms with Crippen molar-refractivity contribution in [2.45, 2.75) is 12.8 Å². The molecule has 2 rings (SSSR count). The molecule has 0 bridgehead atoms. The van der Waals surface area contributed by atoms with Crippen molar-refractivity contribution < 1.29 is 4.74 Å². The van der Waals surface area contributed by atoms with Gasteiger partial charge >= 0.3 is 0 Å². The lowest BCUT2D eigenvalue weighted by Crippen LogP contribution is -2.00. The lowest BCUT2D eigenvalue weighted by Gasteiger charge is -2.07. The molecule has 0 aliphatic heterocycles. The second-order valence-electron chi connectivity index (χ2n) is 3.97. The molecule has 0 spiro atoms. The molecule has 0 radical (unpaired) electrons. The lowest BCUT2D eigenvalue weighted by molar-refractivity contribution is 0.310. The molecule has 0 aliphatic rings. The smallest absolute Gasteiger partial charge is 0.139 e. The van der Waals surface area contributed by atoms with Crippen LogP contribution in [-0.2, 0) is 6.42 Å². The molecular formula is C14H17N3O. The number of nitrogens with zero attached hydrogens (tertiary/aromatic N) is 2. The summed E-state index contributed by atoms with van der Waals surface area (Å²) in [6.45, 7) is 0.692. The molecule has 2 aromatic rings. The maximum Gasteiger partial charge on any atom is 0.139 e. The van der Waals surface area contributed by atoms with Crippen molar-refractivity contribution in [3.05, 3.63) is 48.5 Å². The van der Waals surface area contributed by atoms with Gasteiger partial charge in [-0.25, -0.2) is 0 Å². The SMILES string of the molecule is CNc1cncc(OCCCc2ccncc2)c1. The van der Waals surface area contributed by atoms with Crippen molar-refractivity contribution in [1.29, 1.82) is 0 Å². The van der Waals surface area contributed by atoms with E-state index in [1.54, 1.807) is 12.4 Å². The molecule has 4 heteroatoms. The zero-order valence-electron chi connectivity index (χ0n) is 10.5. The number of pyridine rings is 2. The Labute approximate surface area is 107 Å². The van der Waals surface area contributed by atoms with Crippen molar-refractivity contribution in [3.8, 4) is 5.75 Å². The minimum absolute atomic E-state index is 0.692. The van der Waals surface area contributed by atoms with E-state index < -0.39 is 0 Å². The van der Waals surface area contributed by atoms with Crippen LogP contribution in [0.5, 0.6) is 5.75 Å². The number of nitrogens with one attached hydrogen (secondary N) is 1. The molecule has 1 N–H and O–H groups in total. The molecule has 18 heavy (non-hydrogen) atoms. The largest absolute Gasteiger partial charge is 0.492 e. The van der Waals surface area contributed by atoms with Crippen LogP contribution in [0.4, 0.5) is 5.69 Å². The highest BCUT2D eigenvalue weighted by Crippen LogP contribution is 2.14. The van der Waals surface area contributed by atoms with E-state index in [-0.39, 0.29) is 0 Å². The summed E-state index contributed by atoms with van der Waals surface area (Å²) in [4.78, 5) is 8.09. The zero-order chi connectivity index (χ0) is 12.6. The predicted octanol–water partition coefficient (Wildman–Crippen LogP) is 2.53. The van der Waals surface area contributed by atoms with Gasteiger partial charge in [0.2, 0.25) is 0 Å². The Kier molecular flexibility index (Phi) is 4.53. The van der Waals surface area contributed by atoms with Crippen LogP contribution < -0.4 is 10.1 Å². The van der Waals surface area contributed by atoms with Crippen LogP contribution >= 0.6 is 0 Å². The third-order valence-corrected chi connectivity index (χ3v) is 2.63. The molecule has 4 nitrogen and oxygen atoms in total. The van der Waals surface area contributed by atoms with E-state index in [0.29, 0.717) is 6.61 Å². The molecular weight excluding hydrogens is 226 g/mol. The second-order valence-corrected chi connectivity index (χ2v) is 3.97. The quantitative estimate of drug-likeness (QED) is 0.792. The molecule has 2 heterocycles. The zero-order valence-corrected chi connectivity index (χ0v) is 10.5. The average Bonchev–Trinajstić information content (AvgIpc) is 2.45. The first-order valence-corrected chi connectivity index (χ1v) is 6.03. The van der Waals surface area contributed by atoms with Gasteiger partial charge in [0.25, 0.3) is 0 Å². The third-order valence-electron chi connectivity index (χ3n) is 2.63. The predicted molar refractivity (Wildman–Crippen MR) is 71.8 cm³/mol. The number of hydrogen-bond acceptors (Lipinski definition) is 4. The van der Waals surface area contributed by atoms with Gasteiger partial charge in [-0.1, -0.05) is 0 Å². The van der Waals surface area contributed by atoms with Crippen LogP contribution in [0, 0.1) is 0 Å². The average molecular weight is 243 g/mol. The number of ether oxygens (including phenoxy) is 1. The van der Waals surface area contributed by atoms with Crippen LogP contribution in [0.3, 0.4) is 0 Å². The fourth-order valence-electron chi connectivity index (χ4n) is 1.65. The molecule has 0 aromatic carbocycles. The minimum atomic E-state index is 0.692. The maximum atomic E-state index is 5.65. The summed E-state index contributed by atoms with van der Waals surface area (Å²) in [5.74, 6) is 0.802. The molecule has 0 amide bonds. The second kappa shape index (κ2) is 6.59. The molecule has 0 fully saturated rings. The van der Waals surface area contributed by atoms with Crippen LogP contribution in [0.2, 0.25) is 0 Å². The summed E-state index contributed by atoms with van der Waals surface area (Å²) in [5, 5.41) is 3.03. The van der Waals surface area contributed by atoms with Crippen molar-refractivity contribution in [1.82, 2.24) is 9.97 Å². The van der Waals surface area contributed by atoms with Gasteiger partial charge in [-0.3, -0.25) is 9.97 Å². The first kappa shape index (κ1) is 12.4. The van der Waals surface area contributed by atoms with Gasteiger partial charge in [0, 0.05) is 25.5 Å². The molecule has 0 saturated carbocycles. The van der Waals surface area contributed by atoms with E-state index >= 15 is 0 Å². The Bertz CT molecular complexity index is 473. The highest BCUT2D eigenvalue weighted by atomic mass is 16.5. The Balaban J connectivity index is 1.75. The molecule has 94 valence electrons. The summed E-state index contributed by atoms with van der Waals surface area (Å²) in [6.07, 6.45) is 9.11. The van der Waals surface area contributed by atoms with E-state index in [2.05, 4.69) is 15.3 Å². The van der Waals surface area contributed by atoms with Crippen molar-refractivity contribution in [3.63, 3.8) is 0 Å². The van der Waals surface area contributed by atoms with Crippen molar-refractivity contribution >= 4 is 5.69 Å². The number of anilines is 1. The fraction of sp³-hybridized carbons (Fsp3) is 0.286. The molecule has 0 unspecified atom stereocenters. The van der Waals surface area contributed by atoms with Crippen LogP contribution in [-0.4, -0.2) is 23.6 Å². The number of aryl methyl sites for hydroxylation is 1. The van der Waals surface area contributed by atoms with Gasteiger partial charge in [0.05, 0.1) is 24.7 Å². The Hall–Kier alpha value is -2.10. The van der Waals surface area contributed by atoms with E-state index in [1.807, 2.05) is 37.6 Å². The Morgan fingerprint density at radius 1 is 1.17 bits per heavy atom. The highest BCUT2D eigenvalue weighted by molar-refractivity contribution is 5.44. The fourth-order valence-corrected chi connectivity index (χ4v) is 1.65. The monoisotopic (exact) mass is 243 g/mol. The van der Waals surface area contributed by atoms with Crippen LogP contribution in [0.15, 0.2) is 43.0 Å². The standard InChI is InChI=1S/C14H17N3O/c1-15-13-9-14(11-17-10-13)18-8-2-3-12-4-6-16-7-5-12/h4-7,9-11,15H,2-3,8H2,1H3. The first-order valence-electron chi connectivity index (χ1n) is 6.03. The maximum absolute atomic E-state index is 5.65. The summed E-state index contributed by atoms with van der Waals surface area (Å²) >= 11 is 0. The molecule has 0 atom stereocenters. The van der Waals surface area contributed by atoms with Gasteiger partial charge in [0.1, 0.15) is 5.75 Å². The van der Waals surface area contributed by atoms with Gasteiger partial charge < -0.3 is 10.1 Å². The van der Waals surface area contributed by atoms with Crippen molar-refractivity contribution in [2.24, 2.45) is 0 Å². The lowest BCUT2D eigenvalue weighted by atomic mass is 10.1. The Morgan fingerprint density at radius 2 is 2.00 bits per heavy atom.